The van der Waals surface area contributed by atoms with E-state index < -0.39 is 0 Å². The van der Waals surface area contributed by atoms with Gasteiger partial charge in [0.05, 0.1) is 6.17 Å². The van der Waals surface area contributed by atoms with Crippen molar-refractivity contribution in [3.63, 3.8) is 0 Å². The maximum atomic E-state index is 2.59. The summed E-state index contributed by atoms with van der Waals surface area (Å²) in [6.07, 6.45) is 3.13. The van der Waals surface area contributed by atoms with Crippen LogP contribution in [0.3, 0.4) is 0 Å². The van der Waals surface area contributed by atoms with Crippen LogP contribution in [0.2, 0.25) is 0 Å². The minimum absolute atomic E-state index is 0.376. The molecule has 2 atom stereocenters. The summed E-state index contributed by atoms with van der Waals surface area (Å²) in [6, 6.07) is 9.01. The molecule has 1 aromatic rings. The topological polar surface area (TPSA) is 6.48 Å². The summed E-state index contributed by atoms with van der Waals surface area (Å²) in [6.45, 7) is 6.95. The van der Waals surface area contributed by atoms with E-state index in [0.717, 1.165) is 6.54 Å². The van der Waals surface area contributed by atoms with Gasteiger partial charge < -0.3 is 4.90 Å². The molecule has 0 radical (unpaired) electrons. The van der Waals surface area contributed by atoms with Gasteiger partial charge in [-0.1, -0.05) is 25.1 Å². The lowest BCUT2D eigenvalue weighted by molar-refractivity contribution is 0.247. The van der Waals surface area contributed by atoms with Crippen molar-refractivity contribution in [3.05, 3.63) is 29.8 Å². The maximum absolute atomic E-state index is 2.59. The Morgan fingerprint density at radius 1 is 1.29 bits per heavy atom. The lowest BCUT2D eigenvalue weighted by atomic mass is 9.77. The first-order valence-electron chi connectivity index (χ1n) is 6.81. The van der Waals surface area contributed by atoms with Gasteiger partial charge >= 0.3 is 0 Å². The van der Waals surface area contributed by atoms with Crippen LogP contribution in [0, 0.1) is 0 Å². The molecule has 2 unspecified atom stereocenters. The largest absolute Gasteiger partial charge is 0.355 e. The van der Waals surface area contributed by atoms with E-state index in [4.69, 9.17) is 0 Å². The van der Waals surface area contributed by atoms with E-state index in [0.29, 0.717) is 11.6 Å². The SMILES string of the molecule is CCN1c2ccccc2C2(CC)CCN(C)C12. The van der Waals surface area contributed by atoms with Crippen LogP contribution in [0.4, 0.5) is 5.69 Å². The molecule has 1 fully saturated rings. The number of rotatable bonds is 2. The van der Waals surface area contributed by atoms with E-state index in [2.05, 4.69) is 55.0 Å². The number of hydrogen-bond donors (Lipinski definition) is 0. The molecule has 0 N–H and O–H groups in total. The number of fused-ring (bicyclic) bond motifs is 3. The zero-order chi connectivity index (χ0) is 12.0. The fourth-order valence-electron chi connectivity index (χ4n) is 4.03. The number of benzene rings is 1. The van der Waals surface area contributed by atoms with Crippen LogP contribution in [-0.4, -0.2) is 31.2 Å². The summed E-state index contributed by atoms with van der Waals surface area (Å²) in [5, 5.41) is 0. The minimum atomic E-state index is 0.376. The Bertz CT molecular complexity index is 429. The van der Waals surface area contributed by atoms with Gasteiger partial charge in [-0.15, -0.1) is 0 Å². The first-order chi connectivity index (χ1) is 8.24. The van der Waals surface area contributed by atoms with Crippen molar-refractivity contribution in [2.75, 3.05) is 25.0 Å². The van der Waals surface area contributed by atoms with Crippen LogP contribution in [0.25, 0.3) is 0 Å². The van der Waals surface area contributed by atoms with Crippen LogP contribution in [-0.2, 0) is 5.41 Å². The highest BCUT2D eigenvalue weighted by atomic mass is 15.4. The molecule has 1 aromatic carbocycles. The molecule has 92 valence electrons. The van der Waals surface area contributed by atoms with Crippen LogP contribution in [0.5, 0.6) is 0 Å². The number of likely N-dealkylation sites (tertiary alicyclic amines) is 1. The fraction of sp³-hybridized carbons (Fsp3) is 0.600. The second kappa shape index (κ2) is 3.74. The Hall–Kier alpha value is -1.02. The van der Waals surface area contributed by atoms with Gasteiger partial charge in [0.1, 0.15) is 0 Å². The number of anilines is 1. The molecular formula is C15H22N2. The van der Waals surface area contributed by atoms with Crippen molar-refractivity contribution in [2.24, 2.45) is 0 Å². The number of nitrogens with zero attached hydrogens (tertiary/aromatic N) is 2. The molecule has 1 saturated heterocycles. The van der Waals surface area contributed by atoms with Gasteiger partial charge in [0.25, 0.3) is 0 Å². The van der Waals surface area contributed by atoms with Crippen molar-refractivity contribution >= 4 is 5.69 Å². The molecule has 17 heavy (non-hydrogen) atoms. The van der Waals surface area contributed by atoms with Crippen LogP contribution >= 0.6 is 0 Å². The predicted molar refractivity (Wildman–Crippen MR) is 72.5 cm³/mol. The quantitative estimate of drug-likeness (QED) is 0.771. The first-order valence-corrected chi connectivity index (χ1v) is 6.81. The highest BCUT2D eigenvalue weighted by Gasteiger charge is 2.54. The lowest BCUT2D eigenvalue weighted by Crippen LogP contribution is -2.48. The Morgan fingerprint density at radius 3 is 2.76 bits per heavy atom. The van der Waals surface area contributed by atoms with E-state index >= 15 is 0 Å². The van der Waals surface area contributed by atoms with Crippen molar-refractivity contribution in [2.45, 2.75) is 38.3 Å². The van der Waals surface area contributed by atoms with E-state index in [1.807, 2.05) is 0 Å². The van der Waals surface area contributed by atoms with Crippen molar-refractivity contribution in [3.8, 4) is 0 Å². The average molecular weight is 230 g/mol. The minimum Gasteiger partial charge on any atom is -0.355 e. The zero-order valence-corrected chi connectivity index (χ0v) is 11.1. The summed E-state index contributed by atoms with van der Waals surface area (Å²) in [4.78, 5) is 5.12. The summed E-state index contributed by atoms with van der Waals surface area (Å²) in [7, 11) is 2.27. The predicted octanol–water partition coefficient (Wildman–Crippen LogP) is 2.84. The zero-order valence-electron chi connectivity index (χ0n) is 11.1. The molecule has 2 heterocycles. The van der Waals surface area contributed by atoms with Crippen LogP contribution in [0.15, 0.2) is 24.3 Å². The smallest absolute Gasteiger partial charge is 0.0917 e. The molecule has 2 heteroatoms. The second-order valence-corrected chi connectivity index (χ2v) is 5.42. The average Bonchev–Trinajstić information content (AvgIpc) is 2.84. The van der Waals surface area contributed by atoms with Gasteiger partial charge in [-0.05, 0) is 38.4 Å². The molecule has 3 rings (SSSR count). The van der Waals surface area contributed by atoms with Crippen LogP contribution < -0.4 is 4.90 Å². The lowest BCUT2D eigenvalue weighted by Gasteiger charge is -2.36. The van der Waals surface area contributed by atoms with E-state index in [-0.39, 0.29) is 0 Å². The van der Waals surface area contributed by atoms with Crippen molar-refractivity contribution < 1.29 is 0 Å². The van der Waals surface area contributed by atoms with Crippen molar-refractivity contribution in [1.29, 1.82) is 0 Å². The van der Waals surface area contributed by atoms with Gasteiger partial charge in [0.2, 0.25) is 0 Å². The second-order valence-electron chi connectivity index (χ2n) is 5.42. The Balaban J connectivity index is 2.18. The number of hydrogen-bond acceptors (Lipinski definition) is 2. The van der Waals surface area contributed by atoms with Crippen molar-refractivity contribution in [1.82, 2.24) is 4.90 Å². The van der Waals surface area contributed by atoms with E-state index in [9.17, 15) is 0 Å². The maximum Gasteiger partial charge on any atom is 0.0917 e. The first kappa shape index (κ1) is 11.1. The molecular weight excluding hydrogens is 208 g/mol. The number of likely N-dealkylation sites (N-methyl/N-ethyl adjacent to an activating group) is 2. The Labute approximate surface area is 104 Å². The molecule has 2 nitrogen and oxygen atoms in total. The van der Waals surface area contributed by atoms with Gasteiger partial charge in [-0.25, -0.2) is 0 Å². The molecule has 0 saturated carbocycles. The Morgan fingerprint density at radius 2 is 2.06 bits per heavy atom. The van der Waals surface area contributed by atoms with E-state index in [1.165, 1.54) is 25.1 Å². The molecule has 0 bridgehead atoms. The Kier molecular flexibility index (Phi) is 2.44. The monoisotopic (exact) mass is 230 g/mol. The standard InChI is InChI=1S/C15H22N2/c1-4-15-10-11-16(3)14(15)17(5-2)13-9-7-6-8-12(13)15/h6-9,14H,4-5,10-11H2,1-3H3. The molecule has 0 spiro atoms. The highest BCUT2D eigenvalue weighted by Crippen LogP contribution is 2.53. The summed E-state index contributed by atoms with van der Waals surface area (Å²) >= 11 is 0. The summed E-state index contributed by atoms with van der Waals surface area (Å²) in [5.74, 6) is 0. The normalized spacial score (nSPS) is 31.7. The molecule has 2 aliphatic rings. The van der Waals surface area contributed by atoms with Gasteiger partial charge in [0, 0.05) is 24.2 Å². The summed E-state index contributed by atoms with van der Waals surface area (Å²) in [5.41, 5.74) is 3.42. The van der Waals surface area contributed by atoms with Gasteiger partial charge in [0.15, 0.2) is 0 Å². The number of para-hydroxylation sites is 1. The third-order valence-corrected chi connectivity index (χ3v) is 4.84. The third-order valence-electron chi connectivity index (χ3n) is 4.84. The molecule has 0 aliphatic carbocycles. The molecule has 0 amide bonds. The highest BCUT2D eigenvalue weighted by molar-refractivity contribution is 5.64. The van der Waals surface area contributed by atoms with Crippen LogP contribution in [0.1, 0.15) is 32.3 Å². The fourth-order valence-corrected chi connectivity index (χ4v) is 4.03. The van der Waals surface area contributed by atoms with E-state index in [1.54, 1.807) is 5.56 Å². The summed E-state index contributed by atoms with van der Waals surface area (Å²) < 4.78 is 0. The van der Waals surface area contributed by atoms with Gasteiger partial charge in [-0.2, -0.15) is 0 Å². The third kappa shape index (κ3) is 1.25. The molecule has 2 aliphatic heterocycles. The molecule has 0 aromatic heterocycles. The van der Waals surface area contributed by atoms with Gasteiger partial charge in [-0.3, -0.25) is 4.90 Å².